The minimum atomic E-state index is -1.34. The summed E-state index contributed by atoms with van der Waals surface area (Å²) in [5, 5.41) is 18.7. The second-order valence-electron chi connectivity index (χ2n) is 2.10. The van der Waals surface area contributed by atoms with Crippen molar-refractivity contribution in [2.45, 2.75) is 6.10 Å². The molecule has 1 atom stereocenters. The van der Waals surface area contributed by atoms with E-state index >= 15 is 0 Å². The van der Waals surface area contributed by atoms with Gasteiger partial charge in [0.2, 0.25) is 12.0 Å². The van der Waals surface area contributed by atoms with Crippen molar-refractivity contribution in [3.8, 4) is 11.9 Å². The summed E-state index contributed by atoms with van der Waals surface area (Å²) in [6, 6.07) is 6.64. The van der Waals surface area contributed by atoms with Crippen LogP contribution in [0.15, 0.2) is 24.4 Å². The molecule has 1 aromatic rings. The second-order valence-corrected chi connectivity index (χ2v) is 2.10. The normalized spacial score (nSPS) is 11.7. The number of nitrogens with zero attached hydrogens (tertiary/aromatic N) is 2. The quantitative estimate of drug-likeness (QED) is 0.661. The molecule has 0 aliphatic rings. The summed E-state index contributed by atoms with van der Waals surface area (Å²) in [5.41, 5.74) is 0. The van der Waals surface area contributed by atoms with Crippen LogP contribution in [0.3, 0.4) is 0 Å². The Morgan fingerprint density at radius 2 is 2.50 bits per heavy atom. The Morgan fingerprint density at radius 3 is 3.08 bits per heavy atom. The van der Waals surface area contributed by atoms with E-state index in [1.807, 2.05) is 0 Å². The first kappa shape index (κ1) is 8.50. The zero-order valence-corrected chi connectivity index (χ0v) is 6.30. The van der Waals surface area contributed by atoms with Crippen LogP contribution in [-0.4, -0.2) is 17.7 Å². The highest BCUT2D eigenvalue weighted by Crippen LogP contribution is 2.03. The lowest BCUT2D eigenvalue weighted by Crippen LogP contribution is -2.13. The highest BCUT2D eigenvalue weighted by Gasteiger charge is 2.03. The van der Waals surface area contributed by atoms with Crippen LogP contribution in [0.5, 0.6) is 5.88 Å². The van der Waals surface area contributed by atoms with Gasteiger partial charge in [-0.05, 0) is 6.07 Å². The van der Waals surface area contributed by atoms with E-state index in [4.69, 9.17) is 10.00 Å². The van der Waals surface area contributed by atoms with E-state index < -0.39 is 6.10 Å². The van der Waals surface area contributed by atoms with Crippen molar-refractivity contribution in [1.29, 1.82) is 5.26 Å². The molecule has 12 heavy (non-hydrogen) atoms. The van der Waals surface area contributed by atoms with Crippen molar-refractivity contribution >= 4 is 0 Å². The fourth-order valence-corrected chi connectivity index (χ4v) is 0.631. The first-order valence-corrected chi connectivity index (χ1v) is 3.42. The highest BCUT2D eigenvalue weighted by molar-refractivity contribution is 5.09. The Balaban J connectivity index is 2.40. The maximum atomic E-state index is 10.6. The molecule has 1 unspecified atom stereocenters. The maximum absolute atomic E-state index is 10.6. The minimum absolute atomic E-state index is 0.159. The molecular weight excluding hydrogens is 156 g/mol. The van der Waals surface area contributed by atoms with Gasteiger partial charge in [0.15, 0.2) is 0 Å². The third kappa shape index (κ3) is 2.56. The zero-order valence-electron chi connectivity index (χ0n) is 6.30. The zero-order chi connectivity index (χ0) is 8.81. The van der Waals surface area contributed by atoms with E-state index in [0.29, 0.717) is 5.88 Å². The molecule has 0 saturated carbocycles. The summed E-state index contributed by atoms with van der Waals surface area (Å²) < 4.78 is 4.91. The lowest BCUT2D eigenvalue weighted by molar-refractivity contribution is 0.0831. The standard InChI is InChI=1S/C8H7N2O2/c9-5-7(11)6-12-8-3-1-2-4-10-8/h1-4,7H,6H2. The van der Waals surface area contributed by atoms with E-state index in [1.165, 1.54) is 6.07 Å². The Bertz CT molecular complexity index is 268. The van der Waals surface area contributed by atoms with E-state index in [1.54, 1.807) is 24.4 Å². The molecule has 0 aromatic carbocycles. The number of hydrogen-bond donors (Lipinski definition) is 0. The van der Waals surface area contributed by atoms with Crippen LogP contribution in [0, 0.1) is 11.3 Å². The molecule has 0 spiro atoms. The summed E-state index contributed by atoms with van der Waals surface area (Å²) in [5.74, 6) is 0.369. The Kier molecular flexibility index (Phi) is 3.05. The topological polar surface area (TPSA) is 65.8 Å². The molecule has 0 aliphatic heterocycles. The van der Waals surface area contributed by atoms with Crippen LogP contribution < -0.4 is 4.74 Å². The van der Waals surface area contributed by atoms with Crippen LogP contribution >= 0.6 is 0 Å². The van der Waals surface area contributed by atoms with Crippen molar-refractivity contribution in [3.63, 3.8) is 0 Å². The molecular formula is C8H7N2O2. The van der Waals surface area contributed by atoms with Crippen molar-refractivity contribution in [2.24, 2.45) is 0 Å². The summed E-state index contributed by atoms with van der Waals surface area (Å²) in [6.45, 7) is -0.159. The third-order valence-corrected chi connectivity index (χ3v) is 1.16. The van der Waals surface area contributed by atoms with Crippen LogP contribution in [0.2, 0.25) is 0 Å². The number of pyridine rings is 1. The molecule has 0 bridgehead atoms. The van der Waals surface area contributed by atoms with Gasteiger partial charge < -0.3 is 4.74 Å². The number of nitriles is 1. The summed E-state index contributed by atoms with van der Waals surface area (Å²) in [7, 11) is 0. The fourth-order valence-electron chi connectivity index (χ4n) is 0.631. The predicted octanol–water partition coefficient (Wildman–Crippen LogP) is 0.783. The lowest BCUT2D eigenvalue weighted by Gasteiger charge is -2.02. The van der Waals surface area contributed by atoms with E-state index in [2.05, 4.69) is 4.98 Å². The number of hydrogen-bond acceptors (Lipinski definition) is 3. The van der Waals surface area contributed by atoms with Gasteiger partial charge in [-0.1, -0.05) is 6.07 Å². The summed E-state index contributed by atoms with van der Waals surface area (Å²) >= 11 is 0. The average molecular weight is 163 g/mol. The van der Waals surface area contributed by atoms with Gasteiger partial charge in [0.1, 0.15) is 12.7 Å². The number of ether oxygens (including phenoxy) is 1. The monoisotopic (exact) mass is 163 g/mol. The van der Waals surface area contributed by atoms with E-state index in [0.717, 1.165) is 0 Å². The van der Waals surface area contributed by atoms with Crippen LogP contribution in [0.1, 0.15) is 0 Å². The van der Waals surface area contributed by atoms with Gasteiger partial charge in [-0.25, -0.2) is 10.1 Å². The Labute approximate surface area is 70.0 Å². The number of rotatable bonds is 3. The van der Waals surface area contributed by atoms with Crippen molar-refractivity contribution in [1.82, 2.24) is 4.98 Å². The molecule has 0 fully saturated rings. The Hall–Kier alpha value is -1.60. The Morgan fingerprint density at radius 1 is 1.67 bits per heavy atom. The van der Waals surface area contributed by atoms with Crippen LogP contribution in [0.4, 0.5) is 0 Å². The van der Waals surface area contributed by atoms with E-state index in [9.17, 15) is 5.11 Å². The van der Waals surface area contributed by atoms with Gasteiger partial charge in [0.25, 0.3) is 0 Å². The molecule has 61 valence electrons. The SMILES string of the molecule is N#CC([O])COc1ccccn1. The molecule has 0 aliphatic carbocycles. The van der Waals surface area contributed by atoms with Crippen LogP contribution in [0.25, 0.3) is 0 Å². The molecule has 0 N–H and O–H groups in total. The second kappa shape index (κ2) is 4.31. The molecule has 1 aromatic heterocycles. The predicted molar refractivity (Wildman–Crippen MR) is 39.8 cm³/mol. The largest absolute Gasteiger partial charge is 0.474 e. The molecule has 0 saturated heterocycles. The van der Waals surface area contributed by atoms with Gasteiger partial charge in [0, 0.05) is 12.3 Å². The third-order valence-electron chi connectivity index (χ3n) is 1.16. The first-order chi connectivity index (χ1) is 5.83. The molecule has 0 amide bonds. The van der Waals surface area contributed by atoms with Crippen molar-refractivity contribution in [2.75, 3.05) is 6.61 Å². The molecule has 1 rings (SSSR count). The van der Waals surface area contributed by atoms with Crippen LogP contribution in [-0.2, 0) is 5.11 Å². The fraction of sp³-hybridized carbons (Fsp3) is 0.250. The van der Waals surface area contributed by atoms with Crippen molar-refractivity contribution in [3.05, 3.63) is 24.4 Å². The molecule has 1 heterocycles. The van der Waals surface area contributed by atoms with Gasteiger partial charge >= 0.3 is 0 Å². The van der Waals surface area contributed by atoms with Gasteiger partial charge in [-0.2, -0.15) is 5.26 Å². The number of aromatic nitrogens is 1. The van der Waals surface area contributed by atoms with Gasteiger partial charge in [-0.3, -0.25) is 0 Å². The van der Waals surface area contributed by atoms with Gasteiger partial charge in [0.05, 0.1) is 0 Å². The molecule has 4 heteroatoms. The molecule has 1 radical (unpaired) electrons. The average Bonchev–Trinajstić information content (AvgIpc) is 2.16. The summed E-state index contributed by atoms with van der Waals surface area (Å²) in [6.07, 6.45) is 0.216. The minimum Gasteiger partial charge on any atom is -0.474 e. The maximum Gasteiger partial charge on any atom is 0.213 e. The molecule has 4 nitrogen and oxygen atoms in total. The van der Waals surface area contributed by atoms with Gasteiger partial charge in [-0.15, -0.1) is 0 Å². The first-order valence-electron chi connectivity index (χ1n) is 3.42. The van der Waals surface area contributed by atoms with Crippen molar-refractivity contribution < 1.29 is 9.84 Å². The summed E-state index contributed by atoms with van der Waals surface area (Å²) in [4.78, 5) is 3.81. The van der Waals surface area contributed by atoms with E-state index in [-0.39, 0.29) is 6.61 Å². The lowest BCUT2D eigenvalue weighted by atomic mass is 10.4. The highest BCUT2D eigenvalue weighted by atomic mass is 16.5. The smallest absolute Gasteiger partial charge is 0.213 e.